The zero-order valence-electron chi connectivity index (χ0n) is 12.1. The van der Waals surface area contributed by atoms with Gasteiger partial charge in [-0.3, -0.25) is 10.6 Å². The van der Waals surface area contributed by atoms with Crippen LogP contribution in [0.15, 0.2) is 30.3 Å². The second-order valence-corrected chi connectivity index (χ2v) is 5.30. The molecule has 2 rings (SSSR count). The normalized spacial score (nSPS) is 10.8. The Kier molecular flexibility index (Phi) is 4.20. The number of benzene rings is 1. The number of hydrogen-bond acceptors (Lipinski definition) is 4. The number of para-hydroxylation sites is 1. The van der Waals surface area contributed by atoms with E-state index in [0.717, 1.165) is 10.9 Å². The van der Waals surface area contributed by atoms with Crippen molar-refractivity contribution in [2.45, 2.75) is 13.8 Å². The molecule has 1 heterocycles. The Labute approximate surface area is 118 Å². The van der Waals surface area contributed by atoms with Crippen LogP contribution in [0.5, 0.6) is 0 Å². The Hall–Kier alpha value is -2.14. The molecule has 0 bridgehead atoms. The molecule has 0 aliphatic rings. The fourth-order valence-electron chi connectivity index (χ4n) is 2.23. The van der Waals surface area contributed by atoms with E-state index < -0.39 is 0 Å². The summed E-state index contributed by atoms with van der Waals surface area (Å²) in [5.41, 5.74) is 4.50. The van der Waals surface area contributed by atoms with Crippen molar-refractivity contribution in [1.82, 2.24) is 9.88 Å². The van der Waals surface area contributed by atoms with Gasteiger partial charge in [0, 0.05) is 19.0 Å². The molecule has 106 valence electrons. The minimum absolute atomic E-state index is 0.0963. The van der Waals surface area contributed by atoms with Crippen LogP contribution in [0.25, 0.3) is 10.9 Å². The highest BCUT2D eigenvalue weighted by molar-refractivity contribution is 5.99. The highest BCUT2D eigenvalue weighted by Gasteiger charge is 2.16. The average Bonchev–Trinajstić information content (AvgIpc) is 2.44. The number of fused-ring (bicyclic) bond motifs is 1. The molecule has 0 saturated heterocycles. The molecule has 0 unspecified atom stereocenters. The summed E-state index contributed by atoms with van der Waals surface area (Å²) in [4.78, 5) is 18.5. The van der Waals surface area contributed by atoms with Crippen LogP contribution in [0.4, 0.5) is 5.69 Å². The van der Waals surface area contributed by atoms with E-state index in [9.17, 15) is 4.79 Å². The van der Waals surface area contributed by atoms with Gasteiger partial charge < -0.3 is 10.3 Å². The number of anilines is 1. The molecule has 1 aromatic carbocycles. The van der Waals surface area contributed by atoms with Gasteiger partial charge in [0.15, 0.2) is 0 Å². The van der Waals surface area contributed by atoms with Crippen LogP contribution in [-0.2, 0) is 0 Å². The molecule has 0 radical (unpaired) electrons. The van der Waals surface area contributed by atoms with Crippen LogP contribution >= 0.6 is 0 Å². The summed E-state index contributed by atoms with van der Waals surface area (Å²) in [6, 6.07) is 9.29. The van der Waals surface area contributed by atoms with Crippen molar-refractivity contribution in [2.75, 3.05) is 19.0 Å². The monoisotopic (exact) mass is 272 g/mol. The highest BCUT2D eigenvalue weighted by Crippen LogP contribution is 2.22. The van der Waals surface area contributed by atoms with Gasteiger partial charge in [0.2, 0.25) is 0 Å². The van der Waals surface area contributed by atoms with E-state index in [-0.39, 0.29) is 5.91 Å². The minimum Gasteiger partial charge on any atom is -0.340 e. The van der Waals surface area contributed by atoms with Gasteiger partial charge >= 0.3 is 0 Å². The topological polar surface area (TPSA) is 71.2 Å². The van der Waals surface area contributed by atoms with Crippen LogP contribution in [-0.4, -0.2) is 29.4 Å². The molecule has 0 spiro atoms. The average molecular weight is 272 g/mol. The summed E-state index contributed by atoms with van der Waals surface area (Å²) in [5.74, 6) is 5.86. The number of carbonyl (C=O) groups is 1. The summed E-state index contributed by atoms with van der Waals surface area (Å²) in [6.45, 7) is 4.84. The standard InChI is InChI=1S/C15H20N4O/c1-10(2)9-19(3)15(20)14-8-13(18-16)11-6-4-5-7-12(11)17-14/h4-8,10H,9,16H2,1-3H3,(H,17,18). The molecule has 1 amide bonds. The van der Waals surface area contributed by atoms with Gasteiger partial charge in [0.1, 0.15) is 5.69 Å². The maximum absolute atomic E-state index is 12.4. The van der Waals surface area contributed by atoms with Crippen molar-refractivity contribution in [3.8, 4) is 0 Å². The van der Waals surface area contributed by atoms with E-state index in [2.05, 4.69) is 24.3 Å². The molecule has 5 heteroatoms. The summed E-state index contributed by atoms with van der Waals surface area (Å²) in [7, 11) is 1.79. The molecule has 0 fully saturated rings. The smallest absolute Gasteiger partial charge is 0.272 e. The first kappa shape index (κ1) is 14.3. The number of rotatable bonds is 4. The zero-order valence-corrected chi connectivity index (χ0v) is 12.1. The van der Waals surface area contributed by atoms with Crippen LogP contribution < -0.4 is 11.3 Å². The fourth-order valence-corrected chi connectivity index (χ4v) is 2.23. The first-order valence-electron chi connectivity index (χ1n) is 6.64. The van der Waals surface area contributed by atoms with Gasteiger partial charge in [-0.1, -0.05) is 32.0 Å². The Balaban J connectivity index is 2.42. The molecule has 0 atom stereocenters. The van der Waals surface area contributed by atoms with E-state index in [1.807, 2.05) is 24.3 Å². The molecule has 0 saturated carbocycles. The third-order valence-electron chi connectivity index (χ3n) is 3.08. The van der Waals surface area contributed by atoms with Crippen LogP contribution in [0, 0.1) is 5.92 Å². The number of nitrogens with two attached hydrogens (primary N) is 1. The maximum atomic E-state index is 12.4. The predicted octanol–water partition coefficient (Wildman–Crippen LogP) is 2.25. The molecule has 5 nitrogen and oxygen atoms in total. The molecule has 1 aromatic heterocycles. The van der Waals surface area contributed by atoms with E-state index in [0.29, 0.717) is 23.8 Å². The predicted molar refractivity (Wildman–Crippen MR) is 81.4 cm³/mol. The van der Waals surface area contributed by atoms with Crippen molar-refractivity contribution < 1.29 is 4.79 Å². The van der Waals surface area contributed by atoms with Gasteiger partial charge in [-0.2, -0.15) is 0 Å². The van der Waals surface area contributed by atoms with E-state index in [4.69, 9.17) is 5.84 Å². The van der Waals surface area contributed by atoms with Gasteiger partial charge in [0.25, 0.3) is 5.91 Å². The van der Waals surface area contributed by atoms with E-state index in [1.165, 1.54) is 0 Å². The Morgan fingerprint density at radius 2 is 2.10 bits per heavy atom. The largest absolute Gasteiger partial charge is 0.340 e. The van der Waals surface area contributed by atoms with E-state index in [1.54, 1.807) is 18.0 Å². The number of hydrazine groups is 1. The van der Waals surface area contributed by atoms with Crippen molar-refractivity contribution >= 4 is 22.5 Å². The van der Waals surface area contributed by atoms with Gasteiger partial charge in [0.05, 0.1) is 11.2 Å². The lowest BCUT2D eigenvalue weighted by atomic mass is 10.1. The van der Waals surface area contributed by atoms with Gasteiger partial charge in [-0.05, 0) is 18.1 Å². The quantitative estimate of drug-likeness (QED) is 0.661. The summed E-state index contributed by atoms with van der Waals surface area (Å²) >= 11 is 0. The van der Waals surface area contributed by atoms with Crippen molar-refractivity contribution in [2.24, 2.45) is 11.8 Å². The fraction of sp³-hybridized carbons (Fsp3) is 0.333. The second kappa shape index (κ2) is 5.88. The van der Waals surface area contributed by atoms with Crippen molar-refractivity contribution in [1.29, 1.82) is 0 Å². The molecule has 0 aliphatic carbocycles. The Morgan fingerprint density at radius 1 is 1.40 bits per heavy atom. The number of nitrogens with one attached hydrogen (secondary N) is 1. The lowest BCUT2D eigenvalue weighted by molar-refractivity contribution is 0.0774. The maximum Gasteiger partial charge on any atom is 0.272 e. The number of nitrogen functional groups attached to an aromatic ring is 1. The summed E-state index contributed by atoms with van der Waals surface area (Å²) in [5, 5.41) is 0.901. The van der Waals surface area contributed by atoms with E-state index >= 15 is 0 Å². The number of amides is 1. The van der Waals surface area contributed by atoms with Crippen LogP contribution in [0.1, 0.15) is 24.3 Å². The number of pyridine rings is 1. The number of aromatic nitrogens is 1. The van der Waals surface area contributed by atoms with Crippen LogP contribution in [0.3, 0.4) is 0 Å². The third-order valence-corrected chi connectivity index (χ3v) is 3.08. The third kappa shape index (κ3) is 2.88. The number of nitrogens with zero attached hydrogens (tertiary/aromatic N) is 2. The molecular formula is C15H20N4O. The minimum atomic E-state index is -0.0963. The van der Waals surface area contributed by atoms with Gasteiger partial charge in [-0.25, -0.2) is 4.98 Å². The Bertz CT molecular complexity index is 624. The molecular weight excluding hydrogens is 252 g/mol. The highest BCUT2D eigenvalue weighted by atomic mass is 16.2. The Morgan fingerprint density at radius 3 is 2.75 bits per heavy atom. The summed E-state index contributed by atoms with van der Waals surface area (Å²) in [6.07, 6.45) is 0. The molecule has 0 aliphatic heterocycles. The number of carbonyl (C=O) groups excluding carboxylic acids is 1. The number of hydrogen-bond donors (Lipinski definition) is 2. The molecule has 3 N–H and O–H groups in total. The SMILES string of the molecule is CC(C)CN(C)C(=O)c1cc(NN)c2ccccc2n1. The second-order valence-electron chi connectivity index (χ2n) is 5.30. The lowest BCUT2D eigenvalue weighted by Crippen LogP contribution is -2.31. The van der Waals surface area contributed by atoms with Gasteiger partial charge in [-0.15, -0.1) is 0 Å². The zero-order chi connectivity index (χ0) is 14.7. The molecule has 2 aromatic rings. The lowest BCUT2D eigenvalue weighted by Gasteiger charge is -2.19. The first-order valence-corrected chi connectivity index (χ1v) is 6.64. The van der Waals surface area contributed by atoms with Crippen molar-refractivity contribution in [3.63, 3.8) is 0 Å². The van der Waals surface area contributed by atoms with Crippen molar-refractivity contribution in [3.05, 3.63) is 36.0 Å². The molecule has 20 heavy (non-hydrogen) atoms. The first-order chi connectivity index (χ1) is 9.52. The summed E-state index contributed by atoms with van der Waals surface area (Å²) < 4.78 is 0. The van der Waals surface area contributed by atoms with Crippen LogP contribution in [0.2, 0.25) is 0 Å².